The van der Waals surface area contributed by atoms with Crippen molar-refractivity contribution in [3.63, 3.8) is 0 Å². The number of nitrogens with two attached hydrogens (primary N) is 1. The van der Waals surface area contributed by atoms with E-state index >= 15 is 0 Å². The van der Waals surface area contributed by atoms with E-state index in [1.807, 2.05) is 12.3 Å². The molecule has 0 saturated heterocycles. The summed E-state index contributed by atoms with van der Waals surface area (Å²) in [6.45, 7) is 7.27. The summed E-state index contributed by atoms with van der Waals surface area (Å²) in [5.74, 6) is 0. The number of nitrogens with zero attached hydrogens (tertiary/aromatic N) is 1. The van der Waals surface area contributed by atoms with Gasteiger partial charge in [-0.2, -0.15) is 0 Å². The lowest BCUT2D eigenvalue weighted by molar-refractivity contribution is 0.321. The van der Waals surface area contributed by atoms with Gasteiger partial charge in [0.1, 0.15) is 0 Å². The molecule has 0 saturated carbocycles. The molecule has 0 radical (unpaired) electrons. The maximum atomic E-state index is 5.57. The lowest BCUT2D eigenvalue weighted by Gasteiger charge is -2.24. The third-order valence-electron chi connectivity index (χ3n) is 2.74. The number of aromatic nitrogens is 1. The van der Waals surface area contributed by atoms with Gasteiger partial charge in [-0.05, 0) is 43.0 Å². The summed E-state index contributed by atoms with van der Waals surface area (Å²) in [7, 11) is 0. The molecule has 3 N–H and O–H groups in total. The first-order chi connectivity index (χ1) is 7.64. The zero-order valence-electron chi connectivity index (χ0n) is 10.4. The van der Waals surface area contributed by atoms with E-state index < -0.39 is 0 Å². The Morgan fingerprint density at radius 3 is 2.88 bits per heavy atom. The van der Waals surface area contributed by atoms with Crippen LogP contribution in [0.25, 0.3) is 0 Å². The Hall–Kier alpha value is -0.930. The van der Waals surface area contributed by atoms with Crippen molar-refractivity contribution in [1.82, 2.24) is 10.3 Å². The largest absolute Gasteiger partial charge is 0.330 e. The third-order valence-corrected chi connectivity index (χ3v) is 2.74. The Morgan fingerprint density at radius 2 is 2.25 bits per heavy atom. The summed E-state index contributed by atoms with van der Waals surface area (Å²) in [5.41, 5.74) is 7.15. The molecule has 90 valence electrons. The van der Waals surface area contributed by atoms with Crippen LogP contribution in [0.5, 0.6) is 0 Å². The standard InChI is InChI=1S/C13H23N3/c1-13(2,6-7-14)11-16-9-5-12-4-3-8-15-10-12/h3-4,8,10,16H,5-7,9,11,14H2,1-2H3. The van der Waals surface area contributed by atoms with Crippen LogP contribution < -0.4 is 11.1 Å². The van der Waals surface area contributed by atoms with Crippen molar-refractivity contribution in [3.8, 4) is 0 Å². The van der Waals surface area contributed by atoms with Crippen LogP contribution in [0, 0.1) is 5.41 Å². The van der Waals surface area contributed by atoms with Crippen molar-refractivity contribution < 1.29 is 0 Å². The molecule has 0 aliphatic carbocycles. The van der Waals surface area contributed by atoms with E-state index in [1.54, 1.807) is 6.20 Å². The Bertz CT molecular complexity index is 282. The first-order valence-electron chi connectivity index (χ1n) is 5.94. The summed E-state index contributed by atoms with van der Waals surface area (Å²) in [4.78, 5) is 4.10. The average Bonchev–Trinajstić information content (AvgIpc) is 2.26. The van der Waals surface area contributed by atoms with Crippen molar-refractivity contribution in [3.05, 3.63) is 30.1 Å². The van der Waals surface area contributed by atoms with Gasteiger partial charge in [0.15, 0.2) is 0 Å². The van der Waals surface area contributed by atoms with Crippen LogP contribution in [0.2, 0.25) is 0 Å². The van der Waals surface area contributed by atoms with Gasteiger partial charge in [-0.3, -0.25) is 4.98 Å². The topological polar surface area (TPSA) is 50.9 Å². The van der Waals surface area contributed by atoms with E-state index in [2.05, 4.69) is 30.2 Å². The molecule has 0 amide bonds. The average molecular weight is 221 g/mol. The SMILES string of the molecule is CC(C)(CCN)CNCCc1cccnc1. The number of pyridine rings is 1. The minimum absolute atomic E-state index is 0.295. The maximum absolute atomic E-state index is 5.57. The van der Waals surface area contributed by atoms with Crippen LogP contribution in [-0.2, 0) is 6.42 Å². The van der Waals surface area contributed by atoms with Crippen LogP contribution in [0.15, 0.2) is 24.5 Å². The van der Waals surface area contributed by atoms with Crippen molar-refractivity contribution in [1.29, 1.82) is 0 Å². The Labute approximate surface area is 98.5 Å². The first kappa shape index (κ1) is 13.1. The molecule has 0 spiro atoms. The van der Waals surface area contributed by atoms with Crippen LogP contribution in [-0.4, -0.2) is 24.6 Å². The van der Waals surface area contributed by atoms with Gasteiger partial charge >= 0.3 is 0 Å². The molecule has 0 bridgehead atoms. The molecule has 0 aliphatic rings. The number of rotatable bonds is 7. The van der Waals surface area contributed by atoms with E-state index in [0.717, 1.165) is 32.5 Å². The smallest absolute Gasteiger partial charge is 0.0300 e. The molecule has 0 atom stereocenters. The van der Waals surface area contributed by atoms with Crippen molar-refractivity contribution >= 4 is 0 Å². The molecular formula is C13H23N3. The van der Waals surface area contributed by atoms with Crippen LogP contribution >= 0.6 is 0 Å². The second-order valence-corrected chi connectivity index (χ2v) is 4.99. The summed E-state index contributed by atoms with van der Waals surface area (Å²) < 4.78 is 0. The zero-order valence-corrected chi connectivity index (χ0v) is 10.4. The van der Waals surface area contributed by atoms with E-state index in [-0.39, 0.29) is 0 Å². The second-order valence-electron chi connectivity index (χ2n) is 4.99. The molecule has 1 aromatic heterocycles. The predicted octanol–water partition coefficient (Wildman–Crippen LogP) is 1.59. The van der Waals surface area contributed by atoms with Crippen molar-refractivity contribution in [2.45, 2.75) is 26.7 Å². The Balaban J connectivity index is 2.17. The van der Waals surface area contributed by atoms with Gasteiger partial charge in [-0.25, -0.2) is 0 Å². The summed E-state index contributed by atoms with van der Waals surface area (Å²) in [5, 5.41) is 3.48. The molecule has 3 heteroatoms. The van der Waals surface area contributed by atoms with Crippen molar-refractivity contribution in [2.24, 2.45) is 11.1 Å². The van der Waals surface area contributed by atoms with Crippen LogP contribution in [0.3, 0.4) is 0 Å². The number of hydrogen-bond acceptors (Lipinski definition) is 3. The zero-order chi connectivity index (χ0) is 11.9. The second kappa shape index (κ2) is 6.61. The summed E-state index contributed by atoms with van der Waals surface area (Å²) in [6, 6.07) is 4.09. The molecular weight excluding hydrogens is 198 g/mol. The normalized spacial score (nSPS) is 11.7. The van der Waals surface area contributed by atoms with Gasteiger partial charge in [-0.15, -0.1) is 0 Å². The predicted molar refractivity (Wildman–Crippen MR) is 68.3 cm³/mol. The van der Waals surface area contributed by atoms with Gasteiger partial charge in [0.2, 0.25) is 0 Å². The molecule has 0 unspecified atom stereocenters. The van der Waals surface area contributed by atoms with Crippen molar-refractivity contribution in [2.75, 3.05) is 19.6 Å². The Kier molecular flexibility index (Phi) is 5.43. The third kappa shape index (κ3) is 5.24. The first-order valence-corrected chi connectivity index (χ1v) is 5.94. The molecule has 1 aromatic rings. The highest BCUT2D eigenvalue weighted by atomic mass is 14.9. The number of hydrogen-bond donors (Lipinski definition) is 2. The lowest BCUT2D eigenvalue weighted by atomic mass is 9.89. The molecule has 1 rings (SSSR count). The highest BCUT2D eigenvalue weighted by molar-refractivity contribution is 5.08. The minimum atomic E-state index is 0.295. The van der Waals surface area contributed by atoms with Gasteiger partial charge in [0.05, 0.1) is 0 Å². The van der Waals surface area contributed by atoms with Gasteiger partial charge < -0.3 is 11.1 Å². The fraction of sp³-hybridized carbons (Fsp3) is 0.615. The fourth-order valence-corrected chi connectivity index (χ4v) is 1.68. The van der Waals surface area contributed by atoms with Gasteiger partial charge in [0.25, 0.3) is 0 Å². The molecule has 1 heterocycles. The molecule has 0 fully saturated rings. The summed E-state index contributed by atoms with van der Waals surface area (Å²) >= 11 is 0. The van der Waals surface area contributed by atoms with Crippen LogP contribution in [0.4, 0.5) is 0 Å². The quantitative estimate of drug-likeness (QED) is 0.687. The molecule has 3 nitrogen and oxygen atoms in total. The van der Waals surface area contributed by atoms with E-state index in [4.69, 9.17) is 5.73 Å². The van der Waals surface area contributed by atoms with Gasteiger partial charge in [-0.1, -0.05) is 19.9 Å². The molecule has 0 aromatic carbocycles. The fourth-order valence-electron chi connectivity index (χ4n) is 1.68. The monoisotopic (exact) mass is 221 g/mol. The highest BCUT2D eigenvalue weighted by Gasteiger charge is 2.15. The summed E-state index contributed by atoms with van der Waals surface area (Å²) in [6.07, 6.45) is 5.83. The van der Waals surface area contributed by atoms with E-state index in [9.17, 15) is 0 Å². The van der Waals surface area contributed by atoms with E-state index in [1.165, 1.54) is 5.56 Å². The molecule has 0 aliphatic heterocycles. The van der Waals surface area contributed by atoms with Crippen LogP contribution in [0.1, 0.15) is 25.8 Å². The lowest BCUT2D eigenvalue weighted by Crippen LogP contribution is -2.32. The van der Waals surface area contributed by atoms with Gasteiger partial charge in [0, 0.05) is 18.9 Å². The highest BCUT2D eigenvalue weighted by Crippen LogP contribution is 2.17. The Morgan fingerprint density at radius 1 is 1.44 bits per heavy atom. The minimum Gasteiger partial charge on any atom is -0.330 e. The number of nitrogens with one attached hydrogen (secondary N) is 1. The maximum Gasteiger partial charge on any atom is 0.0300 e. The molecule has 16 heavy (non-hydrogen) atoms. The van der Waals surface area contributed by atoms with E-state index in [0.29, 0.717) is 5.41 Å².